The minimum Gasteiger partial charge on any atom is -0.373 e. The Morgan fingerprint density at radius 3 is 2.46 bits per heavy atom. The lowest BCUT2D eigenvalue weighted by molar-refractivity contribution is 0.0950. The van der Waals surface area contributed by atoms with Crippen molar-refractivity contribution in [3.8, 4) is 10.6 Å². The van der Waals surface area contributed by atoms with E-state index in [-0.39, 0.29) is 5.91 Å². The van der Waals surface area contributed by atoms with Crippen molar-refractivity contribution in [3.05, 3.63) is 71.7 Å². The quantitative estimate of drug-likeness (QED) is 0.746. The summed E-state index contributed by atoms with van der Waals surface area (Å²) in [4.78, 5) is 18.8. The third-order valence-electron chi connectivity index (χ3n) is 3.69. The van der Waals surface area contributed by atoms with E-state index in [1.165, 1.54) is 11.3 Å². The van der Waals surface area contributed by atoms with Crippen LogP contribution in [0.1, 0.15) is 10.5 Å². The third kappa shape index (κ3) is 4.00. The number of nitrogens with zero attached hydrogens (tertiary/aromatic N) is 2. The van der Waals surface area contributed by atoms with Crippen LogP contribution in [0.25, 0.3) is 10.6 Å². The molecule has 0 aliphatic rings. The van der Waals surface area contributed by atoms with Crippen LogP contribution in [0.3, 0.4) is 0 Å². The molecule has 0 saturated carbocycles. The summed E-state index contributed by atoms with van der Waals surface area (Å²) in [6.07, 6.45) is 0. The molecule has 2 aromatic carbocycles. The molecule has 1 aromatic heterocycles. The Hall–Kier alpha value is -2.66. The maximum atomic E-state index is 12.2. The molecule has 0 aliphatic carbocycles. The van der Waals surface area contributed by atoms with Crippen LogP contribution in [0.15, 0.2) is 66.0 Å². The summed E-state index contributed by atoms with van der Waals surface area (Å²) in [6.45, 7) is 1.31. The fourth-order valence-electron chi connectivity index (χ4n) is 2.33. The maximum absolute atomic E-state index is 12.2. The summed E-state index contributed by atoms with van der Waals surface area (Å²) >= 11 is 1.49. The van der Waals surface area contributed by atoms with Crippen LogP contribution in [0.5, 0.6) is 0 Å². The number of thiazole rings is 1. The van der Waals surface area contributed by atoms with Gasteiger partial charge in [-0.2, -0.15) is 0 Å². The number of likely N-dealkylation sites (N-methyl/N-ethyl adjacent to an activating group) is 1. The molecule has 0 unspecified atom stereocenters. The topological polar surface area (TPSA) is 45.2 Å². The van der Waals surface area contributed by atoms with Crippen LogP contribution in [-0.2, 0) is 0 Å². The SMILES string of the molecule is CN(CCNC(=O)c1csc(-c2ccccc2)n1)c1ccccc1. The number of hydrogen-bond acceptors (Lipinski definition) is 4. The minimum absolute atomic E-state index is 0.130. The summed E-state index contributed by atoms with van der Waals surface area (Å²) in [5.74, 6) is -0.130. The first-order chi connectivity index (χ1) is 11.7. The molecule has 122 valence electrons. The lowest BCUT2D eigenvalue weighted by atomic mass is 10.2. The van der Waals surface area contributed by atoms with Gasteiger partial charge in [-0.3, -0.25) is 4.79 Å². The van der Waals surface area contributed by atoms with Gasteiger partial charge in [-0.25, -0.2) is 4.98 Å². The average molecular weight is 337 g/mol. The van der Waals surface area contributed by atoms with Crippen LogP contribution in [0, 0.1) is 0 Å². The zero-order chi connectivity index (χ0) is 16.8. The highest BCUT2D eigenvalue weighted by Crippen LogP contribution is 2.23. The van der Waals surface area contributed by atoms with Gasteiger partial charge in [0.2, 0.25) is 0 Å². The Morgan fingerprint density at radius 1 is 1.08 bits per heavy atom. The van der Waals surface area contributed by atoms with E-state index in [1.54, 1.807) is 5.38 Å². The Bertz CT molecular complexity index is 787. The molecule has 0 atom stereocenters. The van der Waals surface area contributed by atoms with Crippen molar-refractivity contribution in [1.29, 1.82) is 0 Å². The van der Waals surface area contributed by atoms with Gasteiger partial charge in [0.25, 0.3) is 5.91 Å². The van der Waals surface area contributed by atoms with Gasteiger partial charge in [0.1, 0.15) is 10.7 Å². The summed E-state index contributed by atoms with van der Waals surface area (Å²) in [5.41, 5.74) is 2.64. The number of aromatic nitrogens is 1. The van der Waals surface area contributed by atoms with Crippen LogP contribution >= 0.6 is 11.3 Å². The normalized spacial score (nSPS) is 10.4. The zero-order valence-corrected chi connectivity index (χ0v) is 14.3. The molecule has 4 nitrogen and oxygen atoms in total. The van der Waals surface area contributed by atoms with E-state index in [0.717, 1.165) is 22.8 Å². The van der Waals surface area contributed by atoms with Gasteiger partial charge in [-0.1, -0.05) is 48.5 Å². The predicted molar refractivity (Wildman–Crippen MR) is 99.6 cm³/mol. The minimum atomic E-state index is -0.130. The van der Waals surface area contributed by atoms with E-state index in [4.69, 9.17) is 0 Å². The molecule has 24 heavy (non-hydrogen) atoms. The van der Waals surface area contributed by atoms with Crippen LogP contribution in [0.2, 0.25) is 0 Å². The molecule has 5 heteroatoms. The van der Waals surface area contributed by atoms with E-state index in [0.29, 0.717) is 12.2 Å². The number of rotatable bonds is 6. The number of carbonyl (C=O) groups excluding carboxylic acids is 1. The molecule has 0 fully saturated rings. The van der Waals surface area contributed by atoms with Crippen molar-refractivity contribution in [2.24, 2.45) is 0 Å². The number of nitrogens with one attached hydrogen (secondary N) is 1. The number of benzene rings is 2. The highest BCUT2D eigenvalue weighted by atomic mass is 32.1. The maximum Gasteiger partial charge on any atom is 0.270 e. The molecule has 0 aliphatic heterocycles. The average Bonchev–Trinajstić information content (AvgIpc) is 3.13. The molecular weight excluding hydrogens is 318 g/mol. The Balaban J connectivity index is 1.53. The summed E-state index contributed by atoms with van der Waals surface area (Å²) in [5, 5.41) is 5.60. The highest BCUT2D eigenvalue weighted by Gasteiger charge is 2.11. The van der Waals surface area contributed by atoms with Crippen LogP contribution in [-0.4, -0.2) is 31.0 Å². The van der Waals surface area contributed by atoms with E-state index >= 15 is 0 Å². The Morgan fingerprint density at radius 2 is 1.75 bits per heavy atom. The van der Waals surface area contributed by atoms with E-state index in [2.05, 4.69) is 15.2 Å². The van der Waals surface area contributed by atoms with Gasteiger partial charge in [-0.05, 0) is 12.1 Å². The lowest BCUT2D eigenvalue weighted by Crippen LogP contribution is -2.33. The molecule has 1 amide bonds. The standard InChI is InChI=1S/C19H19N3OS/c1-22(16-10-6-3-7-11-16)13-12-20-18(23)17-14-24-19(21-17)15-8-4-2-5-9-15/h2-11,14H,12-13H2,1H3,(H,20,23). The molecular formula is C19H19N3OS. The van der Waals surface area contributed by atoms with Gasteiger partial charge in [0, 0.05) is 36.8 Å². The molecule has 1 N–H and O–H groups in total. The van der Waals surface area contributed by atoms with Crippen LogP contribution < -0.4 is 10.2 Å². The molecule has 0 saturated heterocycles. The second-order valence-corrected chi connectivity index (χ2v) is 6.28. The fraction of sp³-hybridized carbons (Fsp3) is 0.158. The van der Waals surface area contributed by atoms with Crippen molar-refractivity contribution >= 4 is 22.9 Å². The Kier molecular flexibility index (Phi) is 5.23. The smallest absolute Gasteiger partial charge is 0.270 e. The van der Waals surface area contributed by atoms with Crippen molar-refractivity contribution in [2.45, 2.75) is 0 Å². The van der Waals surface area contributed by atoms with E-state index < -0.39 is 0 Å². The molecule has 0 spiro atoms. The molecule has 3 aromatic rings. The van der Waals surface area contributed by atoms with Crippen molar-refractivity contribution < 1.29 is 4.79 Å². The van der Waals surface area contributed by atoms with Gasteiger partial charge in [0.15, 0.2) is 0 Å². The first-order valence-electron chi connectivity index (χ1n) is 7.79. The van der Waals surface area contributed by atoms with Gasteiger partial charge < -0.3 is 10.2 Å². The Labute approximate surface area is 145 Å². The molecule has 0 bridgehead atoms. The van der Waals surface area contributed by atoms with Crippen LogP contribution in [0.4, 0.5) is 5.69 Å². The first kappa shape index (κ1) is 16.2. The number of anilines is 1. The van der Waals surface area contributed by atoms with E-state index in [9.17, 15) is 4.79 Å². The van der Waals surface area contributed by atoms with Gasteiger partial charge in [0.05, 0.1) is 0 Å². The second kappa shape index (κ2) is 7.75. The number of para-hydroxylation sites is 1. The van der Waals surface area contributed by atoms with Gasteiger partial charge >= 0.3 is 0 Å². The zero-order valence-electron chi connectivity index (χ0n) is 13.5. The number of hydrogen-bond donors (Lipinski definition) is 1. The fourth-order valence-corrected chi connectivity index (χ4v) is 3.14. The van der Waals surface area contributed by atoms with E-state index in [1.807, 2.05) is 67.7 Å². The third-order valence-corrected chi connectivity index (χ3v) is 4.58. The number of carbonyl (C=O) groups is 1. The predicted octanol–water partition coefficient (Wildman–Crippen LogP) is 3.68. The highest BCUT2D eigenvalue weighted by molar-refractivity contribution is 7.13. The lowest BCUT2D eigenvalue weighted by Gasteiger charge is -2.19. The molecule has 3 rings (SSSR count). The van der Waals surface area contributed by atoms with Crippen molar-refractivity contribution in [1.82, 2.24) is 10.3 Å². The summed E-state index contributed by atoms with van der Waals surface area (Å²) in [7, 11) is 2.01. The monoisotopic (exact) mass is 337 g/mol. The second-order valence-electron chi connectivity index (χ2n) is 5.42. The van der Waals surface area contributed by atoms with Gasteiger partial charge in [-0.15, -0.1) is 11.3 Å². The number of amides is 1. The molecule has 1 heterocycles. The summed E-state index contributed by atoms with van der Waals surface area (Å²) in [6, 6.07) is 20.0. The summed E-state index contributed by atoms with van der Waals surface area (Å²) < 4.78 is 0. The molecule has 0 radical (unpaired) electrons. The van der Waals surface area contributed by atoms with Crippen molar-refractivity contribution in [3.63, 3.8) is 0 Å². The first-order valence-corrected chi connectivity index (χ1v) is 8.67. The van der Waals surface area contributed by atoms with Crippen molar-refractivity contribution in [2.75, 3.05) is 25.0 Å². The largest absolute Gasteiger partial charge is 0.373 e.